The third kappa shape index (κ3) is 6.03. The van der Waals surface area contributed by atoms with E-state index in [1.54, 1.807) is 16.7 Å². The van der Waals surface area contributed by atoms with Crippen molar-refractivity contribution in [1.29, 1.82) is 0 Å². The van der Waals surface area contributed by atoms with Gasteiger partial charge in [-0.05, 0) is 124 Å². The van der Waals surface area contributed by atoms with Crippen molar-refractivity contribution in [2.45, 2.75) is 104 Å². The average molecular weight is 487 g/mol. The third-order valence-electron chi connectivity index (χ3n) is 8.90. The zero-order valence-corrected chi connectivity index (χ0v) is 25.9. The van der Waals surface area contributed by atoms with Crippen LogP contribution >= 0.6 is 0 Å². The fourth-order valence-electron chi connectivity index (χ4n) is 6.46. The molecule has 0 radical (unpaired) electrons. The molecule has 162 valence electrons. The molecule has 0 amide bonds. The molecular formula is C30H41Rb. The molecule has 0 N–H and O–H groups in total. The number of rotatable bonds is 4. The second kappa shape index (κ2) is 11.6. The SMILES string of the molecule is Cc1[c-]ccc(C2CCC(CC3CCC(c4ccc(C)c(C)c4C)CC3)CC2)c1C.[Rb+]. The maximum atomic E-state index is 3.37. The maximum absolute atomic E-state index is 3.37. The van der Waals surface area contributed by atoms with E-state index < -0.39 is 0 Å². The summed E-state index contributed by atoms with van der Waals surface area (Å²) in [5.41, 5.74) is 10.6. The summed E-state index contributed by atoms with van der Waals surface area (Å²) < 4.78 is 0. The number of hydrogen-bond donors (Lipinski definition) is 0. The molecule has 0 nitrogen and oxygen atoms in total. The van der Waals surface area contributed by atoms with Crippen LogP contribution in [0, 0.1) is 52.5 Å². The van der Waals surface area contributed by atoms with Crippen LogP contribution < -0.4 is 58.2 Å². The molecule has 4 rings (SSSR count). The van der Waals surface area contributed by atoms with Crippen LogP contribution in [0.1, 0.15) is 109 Å². The van der Waals surface area contributed by atoms with Crippen LogP contribution in [0.25, 0.3) is 0 Å². The molecule has 0 aliphatic heterocycles. The summed E-state index contributed by atoms with van der Waals surface area (Å²) in [5, 5.41) is 0. The van der Waals surface area contributed by atoms with E-state index in [0.29, 0.717) is 0 Å². The van der Waals surface area contributed by atoms with Crippen molar-refractivity contribution in [2.75, 3.05) is 0 Å². The van der Waals surface area contributed by atoms with Gasteiger partial charge in [-0.1, -0.05) is 26.0 Å². The van der Waals surface area contributed by atoms with Crippen LogP contribution in [-0.2, 0) is 0 Å². The summed E-state index contributed by atoms with van der Waals surface area (Å²) in [5.74, 6) is 3.54. The van der Waals surface area contributed by atoms with E-state index in [1.807, 2.05) is 0 Å². The van der Waals surface area contributed by atoms with Gasteiger partial charge in [0.05, 0.1) is 0 Å². The van der Waals surface area contributed by atoms with Gasteiger partial charge in [0, 0.05) is 0 Å². The van der Waals surface area contributed by atoms with Gasteiger partial charge in [0.1, 0.15) is 0 Å². The van der Waals surface area contributed by atoms with Crippen molar-refractivity contribution in [3.05, 3.63) is 69.3 Å². The fourth-order valence-corrected chi connectivity index (χ4v) is 6.46. The molecule has 31 heavy (non-hydrogen) atoms. The summed E-state index contributed by atoms with van der Waals surface area (Å²) >= 11 is 0. The molecule has 0 saturated heterocycles. The first-order chi connectivity index (χ1) is 14.4. The quantitative estimate of drug-likeness (QED) is 0.488. The van der Waals surface area contributed by atoms with E-state index in [1.165, 1.54) is 80.0 Å². The smallest absolute Gasteiger partial charge is 0.180 e. The van der Waals surface area contributed by atoms with Gasteiger partial charge in [0.15, 0.2) is 0 Å². The van der Waals surface area contributed by atoms with Crippen molar-refractivity contribution in [3.8, 4) is 0 Å². The zero-order chi connectivity index (χ0) is 21.3. The molecule has 0 spiro atoms. The molecule has 0 unspecified atom stereocenters. The zero-order valence-electron chi connectivity index (χ0n) is 21.0. The van der Waals surface area contributed by atoms with Gasteiger partial charge < -0.3 is 0 Å². The summed E-state index contributed by atoms with van der Waals surface area (Å²) in [6.45, 7) is 11.4. The van der Waals surface area contributed by atoms with Crippen LogP contribution in [-0.4, -0.2) is 0 Å². The summed E-state index contributed by atoms with van der Waals surface area (Å²) in [4.78, 5) is 0. The van der Waals surface area contributed by atoms with E-state index in [-0.39, 0.29) is 58.2 Å². The number of hydrogen-bond acceptors (Lipinski definition) is 0. The van der Waals surface area contributed by atoms with Gasteiger partial charge >= 0.3 is 58.2 Å². The van der Waals surface area contributed by atoms with Gasteiger partial charge in [-0.3, -0.25) is 0 Å². The van der Waals surface area contributed by atoms with Gasteiger partial charge in [-0.15, -0.1) is 0 Å². The average Bonchev–Trinajstić information content (AvgIpc) is 2.76. The Hall–Kier alpha value is 0.245. The Morgan fingerprint density at radius 2 is 1.16 bits per heavy atom. The molecule has 2 saturated carbocycles. The van der Waals surface area contributed by atoms with E-state index in [0.717, 1.165) is 23.7 Å². The van der Waals surface area contributed by atoms with Crippen molar-refractivity contribution >= 4 is 0 Å². The molecule has 0 heterocycles. The van der Waals surface area contributed by atoms with Crippen molar-refractivity contribution in [3.63, 3.8) is 0 Å². The summed E-state index contributed by atoms with van der Waals surface area (Å²) in [7, 11) is 0. The minimum absolute atomic E-state index is 0. The largest absolute Gasteiger partial charge is 1.00 e. The van der Waals surface area contributed by atoms with Gasteiger partial charge in [-0.2, -0.15) is 34.9 Å². The molecular weight excluding hydrogens is 446 g/mol. The predicted octanol–water partition coefficient (Wildman–Crippen LogP) is 5.67. The minimum atomic E-state index is 0. The molecule has 2 fully saturated rings. The van der Waals surface area contributed by atoms with E-state index >= 15 is 0 Å². The predicted molar refractivity (Wildman–Crippen MR) is 129 cm³/mol. The molecule has 0 atom stereocenters. The Morgan fingerprint density at radius 1 is 0.645 bits per heavy atom. The fraction of sp³-hybridized carbons (Fsp3) is 0.600. The van der Waals surface area contributed by atoms with Gasteiger partial charge in [0.2, 0.25) is 0 Å². The van der Waals surface area contributed by atoms with Crippen molar-refractivity contribution in [1.82, 2.24) is 0 Å². The molecule has 2 aliphatic carbocycles. The van der Waals surface area contributed by atoms with Crippen LogP contribution in [0.15, 0.2) is 24.3 Å². The van der Waals surface area contributed by atoms with Crippen molar-refractivity contribution in [2.24, 2.45) is 11.8 Å². The first-order valence-corrected chi connectivity index (χ1v) is 12.5. The molecule has 0 bridgehead atoms. The van der Waals surface area contributed by atoms with Crippen LogP contribution in [0.4, 0.5) is 0 Å². The monoisotopic (exact) mass is 486 g/mol. The van der Waals surface area contributed by atoms with Gasteiger partial charge in [0.25, 0.3) is 0 Å². The van der Waals surface area contributed by atoms with Crippen LogP contribution in [0.2, 0.25) is 0 Å². The Balaban J connectivity index is 0.00000272. The Bertz CT molecular complexity index is 864. The van der Waals surface area contributed by atoms with E-state index in [2.05, 4.69) is 65.0 Å². The third-order valence-corrected chi connectivity index (χ3v) is 8.90. The number of benzene rings is 2. The van der Waals surface area contributed by atoms with Crippen LogP contribution in [0.5, 0.6) is 0 Å². The topological polar surface area (TPSA) is 0 Å². The Morgan fingerprint density at radius 3 is 1.71 bits per heavy atom. The normalized spacial score (nSPS) is 26.4. The molecule has 2 aromatic rings. The van der Waals surface area contributed by atoms with Crippen molar-refractivity contribution < 1.29 is 58.2 Å². The second-order valence-corrected chi connectivity index (χ2v) is 10.6. The first-order valence-electron chi connectivity index (χ1n) is 12.5. The van der Waals surface area contributed by atoms with Crippen LogP contribution in [0.3, 0.4) is 0 Å². The van der Waals surface area contributed by atoms with E-state index in [4.69, 9.17) is 0 Å². The molecule has 0 aromatic heterocycles. The molecule has 1 heteroatoms. The Labute approximate surface area is 240 Å². The minimum Gasteiger partial charge on any atom is -0.180 e. The molecule has 2 aromatic carbocycles. The van der Waals surface area contributed by atoms with E-state index in [9.17, 15) is 0 Å². The number of aryl methyl sites for hydroxylation is 2. The second-order valence-electron chi connectivity index (χ2n) is 10.6. The Kier molecular flexibility index (Phi) is 9.67. The summed E-state index contributed by atoms with van der Waals surface area (Å²) in [6.07, 6.45) is 12.9. The first kappa shape index (κ1) is 25.9. The standard InChI is InChI=1S/C30H41.Rb/c1-20-7-6-8-29(23(20)4)27-14-10-25(11-15-27)19-26-12-16-28(17-13-26)30-18-9-21(2)22(3)24(30)5;/h6,8-9,18,25-28H,10-17,19H2,1-5H3;/q-1;+1. The summed E-state index contributed by atoms with van der Waals surface area (Å²) in [6, 6.07) is 12.6. The maximum Gasteiger partial charge on any atom is 1.00 e. The van der Waals surface area contributed by atoms with Gasteiger partial charge in [-0.25, -0.2) is 0 Å². The molecule has 2 aliphatic rings.